The minimum atomic E-state index is -5.50. The van der Waals surface area contributed by atoms with E-state index in [2.05, 4.69) is 25.3 Å². The molecule has 2 aliphatic carbocycles. The van der Waals surface area contributed by atoms with Gasteiger partial charge in [-0.2, -0.15) is 39.0 Å². The van der Waals surface area contributed by atoms with Crippen molar-refractivity contribution in [3.63, 3.8) is 0 Å². The van der Waals surface area contributed by atoms with Crippen LogP contribution in [0.5, 0.6) is 0 Å². The van der Waals surface area contributed by atoms with Gasteiger partial charge >= 0.3 is 17.8 Å². The summed E-state index contributed by atoms with van der Waals surface area (Å²) in [5, 5.41) is -1.04. The van der Waals surface area contributed by atoms with Crippen LogP contribution in [0.25, 0.3) is 0 Å². The van der Waals surface area contributed by atoms with Crippen LogP contribution in [0.1, 0.15) is 13.8 Å². The van der Waals surface area contributed by atoms with Crippen LogP contribution in [-0.2, 0) is 0 Å². The molecule has 0 nitrogen and oxygen atoms in total. The molecule has 134 valence electrons. The molecule has 0 aromatic heterocycles. The molecule has 0 N–H and O–H groups in total. The molecular formula is C15H10F6S3Si. The third-order valence-electron chi connectivity index (χ3n) is 5.45. The van der Waals surface area contributed by atoms with Gasteiger partial charge in [0.15, 0.2) is 0 Å². The first-order chi connectivity index (χ1) is 11.2. The van der Waals surface area contributed by atoms with Crippen molar-refractivity contribution < 1.29 is 26.3 Å². The fraction of sp³-hybridized carbons (Fsp3) is 0.467. The lowest BCUT2D eigenvalue weighted by atomic mass is 9.71. The minimum absolute atomic E-state index is 0.0928. The van der Waals surface area contributed by atoms with Gasteiger partial charge in [-0.15, -0.1) is 24.4 Å². The summed E-state index contributed by atoms with van der Waals surface area (Å²) < 4.78 is 86.1. The number of halogens is 6. The Morgan fingerprint density at radius 2 is 1.40 bits per heavy atom. The molecule has 2 unspecified atom stereocenters. The lowest BCUT2D eigenvalue weighted by Gasteiger charge is -2.47. The zero-order chi connectivity index (χ0) is 18.8. The van der Waals surface area contributed by atoms with Crippen molar-refractivity contribution in [2.45, 2.75) is 41.4 Å². The van der Waals surface area contributed by atoms with Crippen LogP contribution in [0.15, 0.2) is 43.2 Å². The summed E-state index contributed by atoms with van der Waals surface area (Å²) in [6.45, 7) is 3.26. The molecule has 0 aromatic carbocycles. The monoisotopic (exact) mass is 428 g/mol. The standard InChI is InChI=1S/C15H10F6S3Si/c1-11-5(3-7(22)24-11)9-10(6-4-8(23)25-12(6,11)2)14(18,19)15(20,21)13(9,16)17/h3-4,22-23H,1-2H3. The van der Waals surface area contributed by atoms with Gasteiger partial charge in [0, 0.05) is 20.4 Å². The fourth-order valence-corrected chi connectivity index (χ4v) is 8.41. The van der Waals surface area contributed by atoms with Crippen molar-refractivity contribution in [2.24, 2.45) is 0 Å². The van der Waals surface area contributed by atoms with E-state index >= 15 is 0 Å². The molecule has 10 heteroatoms. The Labute approximate surface area is 157 Å². The van der Waals surface area contributed by atoms with Gasteiger partial charge in [-0.05, 0) is 28.7 Å². The molecule has 2 radical (unpaired) electrons. The van der Waals surface area contributed by atoms with Crippen molar-refractivity contribution >= 4 is 46.5 Å². The Balaban J connectivity index is 2.20. The summed E-state index contributed by atoms with van der Waals surface area (Å²) in [7, 11) is -0.0928. The lowest BCUT2D eigenvalue weighted by molar-refractivity contribution is -0.258. The predicted molar refractivity (Wildman–Crippen MR) is 93.1 cm³/mol. The maximum Gasteiger partial charge on any atom is 0.380 e. The van der Waals surface area contributed by atoms with E-state index in [-0.39, 0.29) is 20.7 Å². The van der Waals surface area contributed by atoms with Crippen LogP contribution in [0.2, 0.25) is 5.04 Å². The van der Waals surface area contributed by atoms with E-state index in [9.17, 15) is 26.3 Å². The number of fused-ring (bicyclic) bond motifs is 4. The highest BCUT2D eigenvalue weighted by Gasteiger charge is 2.84. The largest absolute Gasteiger partial charge is 0.380 e. The van der Waals surface area contributed by atoms with Crippen LogP contribution in [0, 0.1) is 0 Å². The van der Waals surface area contributed by atoms with E-state index < -0.39 is 38.7 Å². The van der Waals surface area contributed by atoms with Crippen molar-refractivity contribution in [1.82, 2.24) is 0 Å². The van der Waals surface area contributed by atoms with E-state index in [1.165, 1.54) is 12.2 Å². The zero-order valence-electron chi connectivity index (χ0n) is 12.7. The zero-order valence-corrected chi connectivity index (χ0v) is 16.3. The number of hydrogen-bond donors (Lipinski definition) is 2. The van der Waals surface area contributed by atoms with Crippen molar-refractivity contribution in [3.8, 4) is 0 Å². The number of rotatable bonds is 0. The topological polar surface area (TPSA) is 0 Å². The van der Waals surface area contributed by atoms with Gasteiger partial charge in [0.05, 0.1) is 4.75 Å². The van der Waals surface area contributed by atoms with Gasteiger partial charge in [-0.25, -0.2) is 0 Å². The minimum Gasteiger partial charge on any atom is -0.194 e. The molecule has 2 atom stereocenters. The van der Waals surface area contributed by atoms with E-state index in [4.69, 9.17) is 0 Å². The van der Waals surface area contributed by atoms with Crippen LogP contribution in [0.4, 0.5) is 26.3 Å². The second-order valence-corrected chi connectivity index (χ2v) is 11.6. The summed E-state index contributed by atoms with van der Waals surface area (Å²) in [5.74, 6) is -15.4. The number of thioether (sulfide) groups is 1. The smallest absolute Gasteiger partial charge is 0.194 e. The van der Waals surface area contributed by atoms with Gasteiger partial charge in [0.1, 0.15) is 9.52 Å². The second kappa shape index (κ2) is 4.61. The molecule has 2 heterocycles. The maximum absolute atomic E-state index is 14.5. The molecule has 1 fully saturated rings. The quantitative estimate of drug-likeness (QED) is 0.294. The van der Waals surface area contributed by atoms with Crippen LogP contribution in [0.3, 0.4) is 0 Å². The molecule has 4 aliphatic rings. The molecule has 0 amide bonds. The van der Waals surface area contributed by atoms with Gasteiger partial charge in [0.25, 0.3) is 0 Å². The number of alkyl halides is 6. The summed E-state index contributed by atoms with van der Waals surface area (Å²) in [5.41, 5.74) is -2.84. The highest BCUT2D eigenvalue weighted by Crippen LogP contribution is 2.75. The van der Waals surface area contributed by atoms with Gasteiger partial charge in [-0.1, -0.05) is 13.0 Å². The van der Waals surface area contributed by atoms with Crippen molar-refractivity contribution in [3.05, 3.63) is 43.2 Å². The van der Waals surface area contributed by atoms with Crippen LogP contribution < -0.4 is 0 Å². The second-order valence-electron chi connectivity index (χ2n) is 6.70. The lowest BCUT2D eigenvalue weighted by Crippen LogP contribution is -2.47. The number of thiol groups is 2. The summed E-state index contributed by atoms with van der Waals surface area (Å²) in [6, 6.07) is 0. The molecule has 2 aliphatic heterocycles. The molecule has 0 spiro atoms. The number of hydrogen-bond acceptors (Lipinski definition) is 3. The molecule has 0 saturated heterocycles. The predicted octanol–water partition coefficient (Wildman–Crippen LogP) is 5.46. The Bertz CT molecular complexity index is 787. The molecule has 0 aromatic rings. The Morgan fingerprint density at radius 1 is 0.880 bits per heavy atom. The first-order valence-corrected chi connectivity index (χ1v) is 9.85. The Hall–Kier alpha value is -0.193. The SMILES string of the molecule is CC12[Si]C(S)=CC1=C1C(=C3C=C(S)SC32C)C(F)(F)C(F)(F)C1(F)F. The van der Waals surface area contributed by atoms with E-state index in [0.29, 0.717) is 8.77 Å². The summed E-state index contributed by atoms with van der Waals surface area (Å²) in [6.07, 6.45) is 2.47. The first kappa shape index (κ1) is 18.2. The van der Waals surface area contributed by atoms with E-state index in [1.54, 1.807) is 13.8 Å². The normalized spacial score (nSPS) is 39.9. The molecule has 4 rings (SSSR count). The molecule has 1 saturated carbocycles. The van der Waals surface area contributed by atoms with E-state index in [1.807, 2.05) is 0 Å². The highest BCUT2D eigenvalue weighted by molar-refractivity contribution is 8.16. The van der Waals surface area contributed by atoms with Crippen molar-refractivity contribution in [2.75, 3.05) is 0 Å². The molecular weight excluding hydrogens is 418 g/mol. The Kier molecular flexibility index (Phi) is 3.36. The maximum atomic E-state index is 14.5. The van der Waals surface area contributed by atoms with Crippen LogP contribution in [-0.4, -0.2) is 32.0 Å². The van der Waals surface area contributed by atoms with Crippen LogP contribution >= 0.6 is 37.0 Å². The number of allylic oxidation sites excluding steroid dienone is 5. The average Bonchev–Trinajstić information content (AvgIpc) is 2.95. The fourth-order valence-electron chi connectivity index (χ4n) is 4.01. The molecule has 0 bridgehead atoms. The Morgan fingerprint density at radius 3 is 1.96 bits per heavy atom. The average molecular weight is 429 g/mol. The third-order valence-corrected chi connectivity index (χ3v) is 9.53. The van der Waals surface area contributed by atoms with Gasteiger partial charge in [0.2, 0.25) is 0 Å². The van der Waals surface area contributed by atoms with Gasteiger partial charge < -0.3 is 0 Å². The van der Waals surface area contributed by atoms with E-state index in [0.717, 1.165) is 11.8 Å². The summed E-state index contributed by atoms with van der Waals surface area (Å²) in [4.78, 5) is 0. The molecule has 25 heavy (non-hydrogen) atoms. The van der Waals surface area contributed by atoms with Gasteiger partial charge in [-0.3, -0.25) is 0 Å². The third kappa shape index (κ3) is 1.73. The highest BCUT2D eigenvalue weighted by atomic mass is 32.2. The van der Waals surface area contributed by atoms with Crippen molar-refractivity contribution in [1.29, 1.82) is 0 Å². The first-order valence-electron chi connectivity index (χ1n) is 7.14. The summed E-state index contributed by atoms with van der Waals surface area (Å²) >= 11 is 9.53.